The summed E-state index contributed by atoms with van der Waals surface area (Å²) in [5, 5.41) is 4.08. The molecule has 0 aliphatic carbocycles. The second-order valence-corrected chi connectivity index (χ2v) is 4.19. The van der Waals surface area contributed by atoms with Crippen molar-refractivity contribution in [2.75, 3.05) is 6.61 Å². The maximum Gasteiger partial charge on any atom is 0.137 e. The van der Waals surface area contributed by atoms with Gasteiger partial charge in [0.15, 0.2) is 0 Å². The third-order valence-electron chi connectivity index (χ3n) is 3.14. The van der Waals surface area contributed by atoms with Gasteiger partial charge in [-0.1, -0.05) is 12.1 Å². The molecule has 0 saturated carbocycles. The van der Waals surface area contributed by atoms with Crippen LogP contribution in [0.1, 0.15) is 12.0 Å². The van der Waals surface area contributed by atoms with Crippen LogP contribution in [0.15, 0.2) is 36.9 Å². The second-order valence-electron chi connectivity index (χ2n) is 4.19. The Morgan fingerprint density at radius 2 is 2.12 bits per heavy atom. The van der Waals surface area contributed by atoms with Crippen molar-refractivity contribution in [1.29, 1.82) is 0 Å². The average Bonchev–Trinajstić information content (AvgIpc) is 2.77. The molecule has 0 bridgehead atoms. The number of ether oxygens (including phenoxy) is 1. The molecule has 1 saturated heterocycles. The summed E-state index contributed by atoms with van der Waals surface area (Å²) in [6.07, 6.45) is 4.07. The number of nitrogens with zero attached hydrogens (tertiary/aromatic N) is 3. The lowest BCUT2D eigenvalue weighted by molar-refractivity contribution is -0.165. The molecule has 1 aromatic carbocycles. The molecule has 0 N–H and O–H groups in total. The van der Waals surface area contributed by atoms with Gasteiger partial charge in [0.05, 0.1) is 13.2 Å². The minimum atomic E-state index is -0.374. The molecule has 2 aromatic rings. The van der Waals surface area contributed by atoms with E-state index >= 15 is 0 Å². The highest BCUT2D eigenvalue weighted by atomic mass is 19.1. The molecule has 0 spiro atoms. The van der Waals surface area contributed by atoms with Gasteiger partial charge >= 0.3 is 0 Å². The van der Waals surface area contributed by atoms with Gasteiger partial charge in [-0.2, -0.15) is 5.10 Å². The molecule has 0 amide bonds. The van der Waals surface area contributed by atoms with E-state index in [9.17, 15) is 4.39 Å². The van der Waals surface area contributed by atoms with Gasteiger partial charge in [0, 0.05) is 6.42 Å². The van der Waals surface area contributed by atoms with Gasteiger partial charge in [0.25, 0.3) is 0 Å². The van der Waals surface area contributed by atoms with Crippen LogP contribution < -0.4 is 0 Å². The largest absolute Gasteiger partial charge is 0.368 e. The zero-order valence-corrected chi connectivity index (χ0v) is 9.21. The molecule has 5 heteroatoms. The summed E-state index contributed by atoms with van der Waals surface area (Å²) < 4.78 is 20.4. The Hall–Kier alpha value is -1.75. The number of hydrogen-bond donors (Lipinski definition) is 0. The summed E-state index contributed by atoms with van der Waals surface area (Å²) in [6, 6.07) is 6.46. The van der Waals surface area contributed by atoms with Crippen molar-refractivity contribution in [3.63, 3.8) is 0 Å². The highest BCUT2D eigenvalue weighted by molar-refractivity contribution is 5.25. The third-order valence-corrected chi connectivity index (χ3v) is 3.14. The van der Waals surface area contributed by atoms with E-state index in [1.807, 2.05) is 0 Å². The van der Waals surface area contributed by atoms with Crippen LogP contribution in [0, 0.1) is 5.82 Å². The predicted octanol–water partition coefficient (Wildman–Crippen LogP) is 1.73. The number of aromatic nitrogens is 3. The predicted molar refractivity (Wildman–Crippen MR) is 58.7 cm³/mol. The van der Waals surface area contributed by atoms with Crippen LogP contribution in [0.3, 0.4) is 0 Å². The van der Waals surface area contributed by atoms with Gasteiger partial charge in [-0.3, -0.25) is 0 Å². The van der Waals surface area contributed by atoms with Crippen LogP contribution in [-0.2, 0) is 16.9 Å². The summed E-state index contributed by atoms with van der Waals surface area (Å²) in [5.41, 5.74) is 0.613. The Bertz CT molecular complexity index is 491. The van der Waals surface area contributed by atoms with E-state index in [1.54, 1.807) is 23.1 Å². The third kappa shape index (κ3) is 1.82. The van der Waals surface area contributed by atoms with Crippen molar-refractivity contribution in [2.45, 2.75) is 18.6 Å². The molecular formula is C12H12FN3O. The lowest BCUT2D eigenvalue weighted by atomic mass is 9.86. The maximum absolute atomic E-state index is 12.9. The SMILES string of the molecule is Fc1ccc(C2(Cn3cncn3)CCO2)cc1. The van der Waals surface area contributed by atoms with Crippen molar-refractivity contribution in [3.8, 4) is 0 Å². The molecule has 4 nitrogen and oxygen atoms in total. The van der Waals surface area contributed by atoms with Crippen molar-refractivity contribution >= 4 is 0 Å². The summed E-state index contributed by atoms with van der Waals surface area (Å²) in [7, 11) is 0. The Kier molecular flexibility index (Phi) is 2.40. The van der Waals surface area contributed by atoms with Crippen molar-refractivity contribution in [1.82, 2.24) is 14.8 Å². The number of benzene rings is 1. The molecule has 0 radical (unpaired) electrons. The normalized spacial score (nSPS) is 23.4. The quantitative estimate of drug-likeness (QED) is 0.810. The first-order valence-electron chi connectivity index (χ1n) is 5.51. The zero-order valence-electron chi connectivity index (χ0n) is 9.21. The van der Waals surface area contributed by atoms with Crippen LogP contribution in [0.25, 0.3) is 0 Å². The molecule has 17 heavy (non-hydrogen) atoms. The molecule has 2 heterocycles. The molecule has 1 aliphatic rings. The van der Waals surface area contributed by atoms with Crippen LogP contribution in [0.4, 0.5) is 4.39 Å². The molecule has 1 aliphatic heterocycles. The Morgan fingerprint density at radius 3 is 2.65 bits per heavy atom. The standard InChI is InChI=1S/C12H12FN3O/c13-11-3-1-10(2-4-11)12(5-6-17-12)7-16-9-14-8-15-16/h1-4,8-9H,5-7H2. The summed E-state index contributed by atoms with van der Waals surface area (Å²) >= 11 is 0. The number of rotatable bonds is 3. The first-order chi connectivity index (χ1) is 8.28. The van der Waals surface area contributed by atoms with Crippen LogP contribution in [-0.4, -0.2) is 21.4 Å². The van der Waals surface area contributed by atoms with E-state index in [1.165, 1.54) is 18.5 Å². The van der Waals surface area contributed by atoms with Gasteiger partial charge in [-0.05, 0) is 17.7 Å². The summed E-state index contributed by atoms with van der Waals surface area (Å²) in [5.74, 6) is -0.232. The Morgan fingerprint density at radius 1 is 1.35 bits per heavy atom. The molecule has 1 unspecified atom stereocenters. The van der Waals surface area contributed by atoms with Gasteiger partial charge in [-0.25, -0.2) is 14.1 Å². The smallest absolute Gasteiger partial charge is 0.137 e. The monoisotopic (exact) mass is 233 g/mol. The van der Waals surface area contributed by atoms with Crippen LogP contribution >= 0.6 is 0 Å². The van der Waals surface area contributed by atoms with Crippen LogP contribution in [0.2, 0.25) is 0 Å². The fourth-order valence-electron chi connectivity index (χ4n) is 2.12. The maximum atomic E-state index is 12.9. The highest BCUT2D eigenvalue weighted by Crippen LogP contribution is 2.38. The zero-order chi connectivity index (χ0) is 11.7. The molecule has 1 aromatic heterocycles. The topological polar surface area (TPSA) is 39.9 Å². The second kappa shape index (κ2) is 3.92. The minimum Gasteiger partial charge on any atom is -0.368 e. The molecule has 3 rings (SSSR count). The van der Waals surface area contributed by atoms with Gasteiger partial charge in [0.2, 0.25) is 0 Å². The van der Waals surface area contributed by atoms with Crippen molar-refractivity contribution in [3.05, 3.63) is 48.3 Å². The lowest BCUT2D eigenvalue weighted by Gasteiger charge is -2.42. The van der Waals surface area contributed by atoms with Crippen molar-refractivity contribution < 1.29 is 9.13 Å². The van der Waals surface area contributed by atoms with Gasteiger partial charge < -0.3 is 4.74 Å². The highest BCUT2D eigenvalue weighted by Gasteiger charge is 2.40. The van der Waals surface area contributed by atoms with E-state index in [2.05, 4.69) is 10.1 Å². The summed E-state index contributed by atoms with van der Waals surface area (Å²) in [6.45, 7) is 1.34. The van der Waals surface area contributed by atoms with E-state index in [0.717, 1.165) is 18.6 Å². The van der Waals surface area contributed by atoms with Crippen LogP contribution in [0.5, 0.6) is 0 Å². The molecule has 1 atom stereocenters. The van der Waals surface area contributed by atoms with E-state index in [-0.39, 0.29) is 11.4 Å². The average molecular weight is 233 g/mol. The summed E-state index contributed by atoms with van der Waals surface area (Å²) in [4.78, 5) is 3.91. The fourth-order valence-corrected chi connectivity index (χ4v) is 2.12. The minimum absolute atomic E-state index is 0.232. The van der Waals surface area contributed by atoms with E-state index in [0.29, 0.717) is 6.54 Å². The number of hydrogen-bond acceptors (Lipinski definition) is 3. The molecule has 88 valence electrons. The van der Waals surface area contributed by atoms with Gasteiger partial charge in [-0.15, -0.1) is 0 Å². The first kappa shape index (κ1) is 10.4. The number of halogens is 1. The van der Waals surface area contributed by atoms with E-state index in [4.69, 9.17) is 4.74 Å². The fraction of sp³-hybridized carbons (Fsp3) is 0.333. The van der Waals surface area contributed by atoms with Gasteiger partial charge in [0.1, 0.15) is 24.1 Å². The first-order valence-corrected chi connectivity index (χ1v) is 5.51. The molecule has 1 fully saturated rings. The Labute approximate surface area is 98.0 Å². The van der Waals surface area contributed by atoms with Crippen molar-refractivity contribution in [2.24, 2.45) is 0 Å². The van der Waals surface area contributed by atoms with E-state index < -0.39 is 0 Å². The molecular weight excluding hydrogens is 221 g/mol. The Balaban J connectivity index is 1.89. The lowest BCUT2D eigenvalue weighted by Crippen LogP contribution is -2.44.